The van der Waals surface area contributed by atoms with Crippen LogP contribution in [-0.2, 0) is 0 Å². The number of hydrogen-bond acceptors (Lipinski definition) is 0. The highest BCUT2D eigenvalue weighted by atomic mass is 28.3. The highest BCUT2D eigenvalue weighted by Gasteiger charge is 1.97. The van der Waals surface area contributed by atoms with Crippen molar-refractivity contribution in [3.63, 3.8) is 0 Å². The van der Waals surface area contributed by atoms with Crippen LogP contribution < -0.4 is 0 Å². The summed E-state index contributed by atoms with van der Waals surface area (Å²) in [7, 11) is -3.81. The molecule has 0 rings (SSSR count). The minimum Gasteiger partial charge on any atom is -0.0722 e. The van der Waals surface area contributed by atoms with Gasteiger partial charge in [-0.1, -0.05) is 44.6 Å². The van der Waals surface area contributed by atoms with Crippen molar-refractivity contribution in [2.45, 2.75) is 44.6 Å². The fraction of sp³-hybridized carbons (Fsp3) is 1.00. The second-order valence-electron chi connectivity index (χ2n) is 2.72. The second-order valence-corrected chi connectivity index (χ2v) is 7.92. The molecule has 0 saturated heterocycles. The molecular formula is C7H20Si2. The molecule has 0 radical (unpaired) electrons. The van der Waals surface area contributed by atoms with Crippen molar-refractivity contribution in [3.05, 3.63) is 0 Å². The van der Waals surface area contributed by atoms with E-state index in [-0.39, 0.29) is 0 Å². The quantitative estimate of drug-likeness (QED) is 0.563. The average molecular weight is 166 g/mol. The molecule has 0 amide bonds. The summed E-state index contributed by atoms with van der Waals surface area (Å²) < 4.78 is 46.6. The van der Waals surface area contributed by atoms with E-state index in [2.05, 4.69) is 0 Å². The molecule has 0 nitrogen and oxygen atoms in total. The third-order valence-electron chi connectivity index (χ3n) is 0.722. The molecule has 0 N–H and O–H groups in total. The van der Waals surface area contributed by atoms with Gasteiger partial charge in [-0.2, -0.15) is 0 Å². The van der Waals surface area contributed by atoms with Crippen LogP contribution in [0, 0.1) is 0 Å². The molecule has 56 valence electrons. The molecule has 0 unspecified atom stereocenters. The van der Waals surface area contributed by atoms with Gasteiger partial charge in [-0.3, -0.25) is 0 Å². The summed E-state index contributed by atoms with van der Waals surface area (Å²) in [6.07, 6.45) is -2.37. The van der Waals surface area contributed by atoms with Gasteiger partial charge < -0.3 is 0 Å². The molecule has 0 spiro atoms. The molecule has 0 bridgehead atoms. The Bertz CT molecular complexity index is 204. The van der Waals surface area contributed by atoms with Crippen molar-refractivity contribution < 1.29 is 8.22 Å². The maximum Gasteiger partial charge on any atom is 0.0305 e. The Morgan fingerprint density at radius 2 is 1.33 bits per heavy atom. The van der Waals surface area contributed by atoms with E-state index >= 15 is 0 Å². The lowest BCUT2D eigenvalue weighted by Crippen LogP contribution is -2.03. The van der Waals surface area contributed by atoms with Crippen molar-refractivity contribution >= 4 is 17.6 Å². The lowest BCUT2D eigenvalue weighted by molar-refractivity contribution is 1.04. The first-order valence-electron chi connectivity index (χ1n) is 6.39. The Morgan fingerprint density at radius 3 is 1.56 bits per heavy atom. The van der Waals surface area contributed by atoms with Gasteiger partial charge in [0.05, 0.1) is 0 Å². The smallest absolute Gasteiger partial charge is 0.0305 e. The molecule has 0 heterocycles. The van der Waals surface area contributed by atoms with Gasteiger partial charge in [0.1, 0.15) is 0 Å². The largest absolute Gasteiger partial charge is 0.0722 e. The summed E-state index contributed by atoms with van der Waals surface area (Å²) >= 11 is 0. The van der Waals surface area contributed by atoms with Gasteiger partial charge in [0.25, 0.3) is 0 Å². The van der Waals surface area contributed by atoms with E-state index < -0.39 is 36.0 Å². The van der Waals surface area contributed by atoms with Gasteiger partial charge in [0, 0.05) is 25.8 Å². The van der Waals surface area contributed by atoms with Crippen LogP contribution in [0.4, 0.5) is 0 Å². The summed E-state index contributed by atoms with van der Waals surface area (Å²) in [6, 6.07) is 0. The van der Waals surface area contributed by atoms with E-state index in [0.717, 1.165) is 0 Å². The van der Waals surface area contributed by atoms with Crippen molar-refractivity contribution in [1.29, 1.82) is 0 Å². The lowest BCUT2D eigenvalue weighted by Gasteiger charge is -2.03. The molecule has 0 aliphatic rings. The summed E-state index contributed by atoms with van der Waals surface area (Å²) in [6.45, 7) is 6.87. The monoisotopic (exact) mass is 166 g/mol. The first kappa shape index (κ1) is 3.22. The zero-order chi connectivity index (χ0) is 12.7. The van der Waals surface area contributed by atoms with E-state index in [1.807, 2.05) is 0 Å². The Labute approximate surface area is 71.3 Å². The third kappa shape index (κ3) is 8.43. The van der Waals surface area contributed by atoms with Crippen LogP contribution in [0.5, 0.6) is 0 Å². The van der Waals surface area contributed by atoms with Crippen molar-refractivity contribution in [1.82, 2.24) is 0 Å². The molecule has 0 aliphatic carbocycles. The normalized spacial score (nSPS) is 26.0. The molecule has 0 saturated carbocycles. The molecule has 9 heavy (non-hydrogen) atoms. The fourth-order valence-electron chi connectivity index (χ4n) is 0.330. The minimum atomic E-state index is -2.37. The maximum absolute atomic E-state index is 7.78. The van der Waals surface area contributed by atoms with Crippen LogP contribution in [-0.4, -0.2) is 17.6 Å². The highest BCUT2D eigenvalue weighted by Crippen LogP contribution is 2.04. The first-order valence-corrected chi connectivity index (χ1v) is 9.16. The van der Waals surface area contributed by atoms with Gasteiger partial charge >= 0.3 is 0 Å². The standard InChI is InChI=1S/C7H20Si2/c1-8(2)6-5-7-9(3)4/h8-9H,5-7H2,1-4H3/i5D2,6D2,7D2. The summed E-state index contributed by atoms with van der Waals surface area (Å²) in [4.78, 5) is 0. The summed E-state index contributed by atoms with van der Waals surface area (Å²) in [5.74, 6) is -4.01. The van der Waals surface area contributed by atoms with E-state index in [1.165, 1.54) is 0 Å². The number of hydrogen-bond donors (Lipinski definition) is 0. The van der Waals surface area contributed by atoms with Gasteiger partial charge in [-0.15, -0.1) is 0 Å². The van der Waals surface area contributed by atoms with Gasteiger partial charge in [-0.25, -0.2) is 0 Å². The second kappa shape index (κ2) is 5.24. The average Bonchev–Trinajstić information content (AvgIpc) is 2.02. The van der Waals surface area contributed by atoms with Crippen LogP contribution in [0.3, 0.4) is 0 Å². The first-order chi connectivity index (χ1) is 6.39. The molecule has 0 fully saturated rings. The van der Waals surface area contributed by atoms with Crippen LogP contribution in [0.1, 0.15) is 14.6 Å². The molecule has 0 aromatic rings. The zero-order valence-corrected chi connectivity index (χ0v) is 8.96. The van der Waals surface area contributed by atoms with Crippen molar-refractivity contribution in [3.8, 4) is 0 Å². The van der Waals surface area contributed by atoms with Gasteiger partial charge in [0.15, 0.2) is 0 Å². The van der Waals surface area contributed by atoms with Crippen molar-refractivity contribution in [2.24, 2.45) is 0 Å². The van der Waals surface area contributed by atoms with Gasteiger partial charge in [0.2, 0.25) is 0 Å². The highest BCUT2D eigenvalue weighted by molar-refractivity contribution is 6.57. The zero-order valence-electron chi connectivity index (χ0n) is 12.7. The molecule has 0 aliphatic heterocycles. The Kier molecular flexibility index (Phi) is 1.87. The predicted molar refractivity (Wildman–Crippen MR) is 52.0 cm³/mol. The molecule has 0 aromatic heterocycles. The predicted octanol–water partition coefficient (Wildman–Crippen LogP) is 2.35. The van der Waals surface area contributed by atoms with E-state index in [1.54, 1.807) is 26.2 Å². The summed E-state index contributed by atoms with van der Waals surface area (Å²) in [5, 5.41) is 0. The van der Waals surface area contributed by atoms with Crippen LogP contribution >= 0.6 is 0 Å². The SMILES string of the molecule is [2H]C([2H])([SiH](C)C)C([2H])([2H])C([2H])([2H])[SiH](C)C. The maximum atomic E-state index is 7.78. The van der Waals surface area contributed by atoms with E-state index in [9.17, 15) is 0 Å². The lowest BCUT2D eigenvalue weighted by atomic mass is 10.6. The third-order valence-corrected chi connectivity index (χ3v) is 2.17. The molecular weight excluding hydrogens is 140 g/mol. The Hall–Kier alpha value is 0.434. The van der Waals surface area contributed by atoms with Crippen LogP contribution in [0.2, 0.25) is 38.2 Å². The molecule has 0 aromatic carbocycles. The molecule has 0 atom stereocenters. The molecule has 2 heteroatoms. The Balaban J connectivity index is 5.30. The number of rotatable bonds is 4. The van der Waals surface area contributed by atoms with Crippen LogP contribution in [0.25, 0.3) is 0 Å². The van der Waals surface area contributed by atoms with Gasteiger partial charge in [-0.05, 0) is 0 Å². The van der Waals surface area contributed by atoms with E-state index in [0.29, 0.717) is 0 Å². The topological polar surface area (TPSA) is 0 Å². The Morgan fingerprint density at radius 1 is 1.00 bits per heavy atom. The van der Waals surface area contributed by atoms with E-state index in [4.69, 9.17) is 8.22 Å². The minimum absolute atomic E-state index is 1.72. The summed E-state index contributed by atoms with van der Waals surface area (Å²) in [5.41, 5.74) is 0. The van der Waals surface area contributed by atoms with Crippen LogP contribution in [0.15, 0.2) is 0 Å². The van der Waals surface area contributed by atoms with Crippen molar-refractivity contribution in [2.75, 3.05) is 0 Å². The fourth-order valence-corrected chi connectivity index (χ4v) is 1.24.